The van der Waals surface area contributed by atoms with Gasteiger partial charge in [0.25, 0.3) is 0 Å². The van der Waals surface area contributed by atoms with Crippen LogP contribution in [0.4, 0.5) is 13.2 Å². The third-order valence-corrected chi connectivity index (χ3v) is 4.90. The number of ether oxygens (including phenoxy) is 1. The van der Waals surface area contributed by atoms with Crippen molar-refractivity contribution in [2.75, 3.05) is 6.54 Å². The van der Waals surface area contributed by atoms with E-state index in [0.29, 0.717) is 12.1 Å². The summed E-state index contributed by atoms with van der Waals surface area (Å²) in [4.78, 5) is 10.9. The molecule has 0 aromatic heterocycles. The molecule has 0 radical (unpaired) electrons. The van der Waals surface area contributed by atoms with Gasteiger partial charge in [-0.15, -0.1) is 0 Å². The summed E-state index contributed by atoms with van der Waals surface area (Å²) in [5.74, 6) is -0.235. The summed E-state index contributed by atoms with van der Waals surface area (Å²) in [7, 11) is 0. The number of nitrogens with two attached hydrogens (primary N) is 1. The molecule has 3 N–H and O–H groups in total. The molecule has 2 aliphatic heterocycles. The number of nitrogens with zero attached hydrogens (tertiary/aromatic N) is 1. The molecule has 1 saturated carbocycles. The van der Waals surface area contributed by atoms with Crippen molar-refractivity contribution in [1.29, 1.82) is 0 Å². The number of carbonyl (C=O) groups excluding carboxylic acids is 1. The Hall–Kier alpha value is -2.45. The molecule has 1 aliphatic carbocycles. The van der Waals surface area contributed by atoms with Crippen LogP contribution in [-0.4, -0.2) is 23.6 Å². The fourth-order valence-corrected chi connectivity index (χ4v) is 3.06. The summed E-state index contributed by atoms with van der Waals surface area (Å²) >= 11 is 5.67. The quantitative estimate of drug-likeness (QED) is 0.788. The number of rotatable bonds is 3. The van der Waals surface area contributed by atoms with Gasteiger partial charge in [-0.3, -0.25) is 9.80 Å². The van der Waals surface area contributed by atoms with Crippen LogP contribution in [-0.2, 0) is 11.0 Å². The monoisotopic (exact) mass is 413 g/mol. The van der Waals surface area contributed by atoms with E-state index < -0.39 is 11.7 Å². The van der Waals surface area contributed by atoms with E-state index in [0.717, 1.165) is 31.0 Å². The van der Waals surface area contributed by atoms with Gasteiger partial charge in [0, 0.05) is 12.7 Å². The summed E-state index contributed by atoms with van der Waals surface area (Å²) in [6.07, 6.45) is 5.88. The zero-order valence-electron chi connectivity index (χ0n) is 14.8. The number of hydrogen-bond acceptors (Lipinski definition) is 4. The minimum atomic E-state index is -4.43. The van der Waals surface area contributed by atoms with Crippen molar-refractivity contribution in [1.82, 2.24) is 10.4 Å². The number of allylic oxidation sites excluding steroid dienone is 3. The maximum atomic E-state index is 12.5. The number of carbonyl (C=O) groups is 1. The molecule has 150 valence electrons. The number of alkyl halides is 3. The van der Waals surface area contributed by atoms with Crippen LogP contribution in [0.5, 0.6) is 5.75 Å². The van der Waals surface area contributed by atoms with Gasteiger partial charge in [-0.2, -0.15) is 13.2 Å². The lowest BCUT2D eigenvalue weighted by Gasteiger charge is -2.27. The first kappa shape index (κ1) is 20.3. The highest BCUT2D eigenvalue weighted by molar-refractivity contribution is 6.32. The lowest BCUT2D eigenvalue weighted by Crippen LogP contribution is -2.26. The van der Waals surface area contributed by atoms with Crippen molar-refractivity contribution in [3.63, 3.8) is 0 Å². The maximum absolute atomic E-state index is 12.5. The minimum absolute atomic E-state index is 0.0148. The standard InChI is InChI=1S/C11H10ClF3O.C8H9N3O/c12-10-8(11(13,14)15)5-2-6-9(10)16-7-3-1-4-7;9-8(12)6-5-10-11-4-2-1-3-7(6)11/h2,5-7H,1,3-4H2;1-4,10H,5H2,(H2,9,12). The molecule has 28 heavy (non-hydrogen) atoms. The minimum Gasteiger partial charge on any atom is -0.489 e. The number of benzene rings is 1. The Balaban J connectivity index is 0.000000167. The van der Waals surface area contributed by atoms with Gasteiger partial charge >= 0.3 is 6.18 Å². The van der Waals surface area contributed by atoms with Crippen LogP contribution in [0.3, 0.4) is 0 Å². The predicted octanol–water partition coefficient (Wildman–Crippen LogP) is 3.92. The highest BCUT2D eigenvalue weighted by atomic mass is 35.5. The lowest BCUT2D eigenvalue weighted by molar-refractivity contribution is -0.137. The molecule has 1 fully saturated rings. The van der Waals surface area contributed by atoms with Gasteiger partial charge in [0.15, 0.2) is 0 Å². The Kier molecular flexibility index (Phi) is 6.00. The highest BCUT2D eigenvalue weighted by Crippen LogP contribution is 2.40. The second kappa shape index (κ2) is 8.28. The normalized spacial score (nSPS) is 18.4. The SMILES string of the molecule is FC(F)(F)c1cccc(OC2CCC2)c1Cl.NC(=O)C1=C2C=CC=CN2NC1. The molecule has 1 amide bonds. The van der Waals surface area contributed by atoms with E-state index in [4.69, 9.17) is 22.1 Å². The highest BCUT2D eigenvalue weighted by Gasteiger charge is 2.34. The smallest absolute Gasteiger partial charge is 0.417 e. The first-order valence-electron chi connectivity index (χ1n) is 8.70. The number of fused-ring (bicyclic) bond motifs is 1. The fourth-order valence-electron chi connectivity index (χ4n) is 2.78. The summed E-state index contributed by atoms with van der Waals surface area (Å²) in [6, 6.07) is 3.73. The number of hydrazine groups is 1. The average molecular weight is 414 g/mol. The molecule has 5 nitrogen and oxygen atoms in total. The molecule has 1 aromatic carbocycles. The second-order valence-electron chi connectivity index (χ2n) is 6.42. The molecule has 1 aromatic rings. The molecular weight excluding hydrogens is 395 g/mol. The van der Waals surface area contributed by atoms with Crippen molar-refractivity contribution in [3.8, 4) is 5.75 Å². The molecule has 0 atom stereocenters. The van der Waals surface area contributed by atoms with Crippen LogP contribution in [0.15, 0.2) is 53.9 Å². The molecule has 3 aliphatic rings. The van der Waals surface area contributed by atoms with Gasteiger partial charge in [0.1, 0.15) is 5.75 Å². The predicted molar refractivity (Wildman–Crippen MR) is 99.1 cm³/mol. The molecule has 0 bridgehead atoms. The van der Waals surface area contributed by atoms with Crippen LogP contribution in [0.25, 0.3) is 0 Å². The Labute approximate surface area is 165 Å². The summed E-state index contributed by atoms with van der Waals surface area (Å²) < 4.78 is 43.0. The fraction of sp³-hybridized carbons (Fsp3) is 0.316. The van der Waals surface area contributed by atoms with Crippen molar-refractivity contribution in [2.45, 2.75) is 31.5 Å². The van der Waals surface area contributed by atoms with Gasteiger partial charge in [0.2, 0.25) is 5.91 Å². The number of hydrogen-bond donors (Lipinski definition) is 2. The first-order valence-corrected chi connectivity index (χ1v) is 9.08. The zero-order valence-corrected chi connectivity index (χ0v) is 15.6. The van der Waals surface area contributed by atoms with E-state index in [1.165, 1.54) is 12.1 Å². The van der Waals surface area contributed by atoms with E-state index in [2.05, 4.69) is 5.43 Å². The van der Waals surface area contributed by atoms with Gasteiger partial charge in [-0.25, -0.2) is 5.43 Å². The first-order chi connectivity index (χ1) is 13.3. The molecule has 9 heteroatoms. The van der Waals surface area contributed by atoms with Crippen LogP contribution in [0, 0.1) is 0 Å². The summed E-state index contributed by atoms with van der Waals surface area (Å²) in [5, 5.41) is 1.45. The largest absolute Gasteiger partial charge is 0.489 e. The van der Waals surface area contributed by atoms with Gasteiger partial charge in [-0.1, -0.05) is 23.7 Å². The number of halogens is 4. The number of nitrogens with one attached hydrogen (secondary N) is 1. The van der Waals surface area contributed by atoms with Crippen LogP contribution < -0.4 is 15.9 Å². The molecule has 2 heterocycles. The van der Waals surface area contributed by atoms with Gasteiger partial charge in [-0.05, 0) is 43.5 Å². The molecule has 4 rings (SSSR count). The van der Waals surface area contributed by atoms with Gasteiger partial charge < -0.3 is 10.5 Å². The summed E-state index contributed by atoms with van der Waals surface area (Å²) in [5.41, 5.74) is 8.84. The second-order valence-corrected chi connectivity index (χ2v) is 6.80. The van der Waals surface area contributed by atoms with Gasteiger partial charge in [0.05, 0.1) is 28.0 Å². The third kappa shape index (κ3) is 4.51. The van der Waals surface area contributed by atoms with E-state index >= 15 is 0 Å². The maximum Gasteiger partial charge on any atom is 0.417 e. The average Bonchev–Trinajstić information content (AvgIpc) is 3.03. The van der Waals surface area contributed by atoms with Crippen LogP contribution >= 0.6 is 11.6 Å². The molecule has 0 saturated heterocycles. The number of amides is 1. The Bertz CT molecular complexity index is 845. The summed E-state index contributed by atoms with van der Waals surface area (Å²) in [6.45, 7) is 0.513. The molecule has 0 spiro atoms. The Morgan fingerprint density at radius 1 is 1.29 bits per heavy atom. The van der Waals surface area contributed by atoms with E-state index in [1.807, 2.05) is 24.4 Å². The van der Waals surface area contributed by atoms with Crippen molar-refractivity contribution >= 4 is 17.5 Å². The third-order valence-electron chi connectivity index (χ3n) is 4.51. The van der Waals surface area contributed by atoms with Crippen molar-refractivity contribution in [2.24, 2.45) is 5.73 Å². The Morgan fingerprint density at radius 2 is 2.04 bits per heavy atom. The molecular formula is C19H19ClF3N3O2. The van der Waals surface area contributed by atoms with Crippen LogP contribution in [0.2, 0.25) is 5.02 Å². The van der Waals surface area contributed by atoms with E-state index in [1.54, 1.807) is 5.01 Å². The van der Waals surface area contributed by atoms with E-state index in [-0.39, 0.29) is 22.8 Å². The van der Waals surface area contributed by atoms with Crippen molar-refractivity contribution < 1.29 is 22.7 Å². The lowest BCUT2D eigenvalue weighted by atomic mass is 9.96. The van der Waals surface area contributed by atoms with Crippen LogP contribution in [0.1, 0.15) is 24.8 Å². The topological polar surface area (TPSA) is 67.6 Å². The number of primary amides is 1. The van der Waals surface area contributed by atoms with E-state index in [9.17, 15) is 18.0 Å². The Morgan fingerprint density at radius 3 is 2.64 bits per heavy atom. The zero-order chi connectivity index (χ0) is 20.3. The molecule has 0 unspecified atom stereocenters. The van der Waals surface area contributed by atoms with Crippen molar-refractivity contribution in [3.05, 3.63) is 64.5 Å².